The molecule has 2 rings (SSSR count). The van der Waals surface area contributed by atoms with E-state index < -0.39 is 0 Å². The zero-order valence-electron chi connectivity index (χ0n) is 11.8. The molecule has 1 N–H and O–H groups in total. The first-order chi connectivity index (χ1) is 8.86. The van der Waals surface area contributed by atoms with Crippen molar-refractivity contribution in [3.63, 3.8) is 0 Å². The van der Waals surface area contributed by atoms with Crippen molar-refractivity contribution < 1.29 is 0 Å². The van der Waals surface area contributed by atoms with E-state index in [1.54, 1.807) is 11.3 Å². The molecule has 0 fully saturated rings. The lowest BCUT2D eigenvalue weighted by Crippen LogP contribution is -2.11. The van der Waals surface area contributed by atoms with Crippen LogP contribution in [-0.2, 0) is 5.41 Å². The minimum atomic E-state index is 0.211. The van der Waals surface area contributed by atoms with Crippen LogP contribution >= 0.6 is 27.3 Å². The van der Waals surface area contributed by atoms with Gasteiger partial charge >= 0.3 is 0 Å². The first-order valence-electron chi connectivity index (χ1n) is 6.47. The third-order valence-corrected chi connectivity index (χ3v) is 5.02. The molecular formula is C16H20BrNS. The van der Waals surface area contributed by atoms with Crippen molar-refractivity contribution >= 4 is 33.0 Å². The Morgan fingerprint density at radius 3 is 2.26 bits per heavy atom. The molecule has 0 spiro atoms. The van der Waals surface area contributed by atoms with Crippen LogP contribution in [0.4, 0.5) is 5.69 Å². The van der Waals surface area contributed by atoms with E-state index in [4.69, 9.17) is 0 Å². The van der Waals surface area contributed by atoms with Gasteiger partial charge in [0, 0.05) is 20.4 Å². The van der Waals surface area contributed by atoms with Crippen molar-refractivity contribution in [2.45, 2.75) is 39.2 Å². The van der Waals surface area contributed by atoms with Crippen LogP contribution in [0.2, 0.25) is 0 Å². The van der Waals surface area contributed by atoms with Gasteiger partial charge < -0.3 is 5.32 Å². The van der Waals surface area contributed by atoms with Crippen LogP contribution in [0.5, 0.6) is 0 Å². The normalized spacial score (nSPS) is 13.3. The summed E-state index contributed by atoms with van der Waals surface area (Å²) in [5.41, 5.74) is 2.75. The van der Waals surface area contributed by atoms with Crippen LogP contribution in [0.15, 0.2) is 40.2 Å². The summed E-state index contributed by atoms with van der Waals surface area (Å²) in [5.74, 6) is 0. The van der Waals surface area contributed by atoms with E-state index in [2.05, 4.69) is 84.7 Å². The molecule has 1 unspecified atom stereocenters. The third-order valence-electron chi connectivity index (χ3n) is 3.15. The van der Waals surface area contributed by atoms with Gasteiger partial charge in [-0.3, -0.25) is 0 Å². The van der Waals surface area contributed by atoms with E-state index in [-0.39, 0.29) is 5.41 Å². The van der Waals surface area contributed by atoms with Gasteiger partial charge in [0.2, 0.25) is 0 Å². The van der Waals surface area contributed by atoms with Gasteiger partial charge in [-0.05, 0) is 52.0 Å². The molecular weight excluding hydrogens is 318 g/mol. The minimum Gasteiger partial charge on any atom is -0.378 e. The lowest BCUT2D eigenvalue weighted by Gasteiger charge is -2.20. The average Bonchev–Trinajstić information content (AvgIpc) is 2.75. The quantitative estimate of drug-likeness (QED) is 0.726. The standard InChI is InChI=1S/C16H20BrNS/c1-11(15-9-13(17)10-19-15)18-14-7-5-12(6-8-14)16(2,3)4/h5-11,18H,1-4H3. The summed E-state index contributed by atoms with van der Waals surface area (Å²) in [6.45, 7) is 8.90. The van der Waals surface area contributed by atoms with Crippen LogP contribution in [0.3, 0.4) is 0 Å². The van der Waals surface area contributed by atoms with Gasteiger partial charge in [0.05, 0.1) is 6.04 Å². The van der Waals surface area contributed by atoms with Crippen LogP contribution in [-0.4, -0.2) is 0 Å². The van der Waals surface area contributed by atoms with Crippen molar-refractivity contribution in [1.29, 1.82) is 0 Å². The molecule has 0 aliphatic rings. The fourth-order valence-corrected chi connectivity index (χ4v) is 3.40. The van der Waals surface area contributed by atoms with Gasteiger partial charge in [0.1, 0.15) is 0 Å². The first kappa shape index (κ1) is 14.6. The second kappa shape index (κ2) is 5.68. The molecule has 0 bridgehead atoms. The highest BCUT2D eigenvalue weighted by molar-refractivity contribution is 9.10. The summed E-state index contributed by atoms with van der Waals surface area (Å²) in [6.07, 6.45) is 0. The smallest absolute Gasteiger partial charge is 0.0578 e. The molecule has 1 aromatic heterocycles. The Morgan fingerprint density at radius 2 is 1.79 bits per heavy atom. The Balaban J connectivity index is 2.07. The topological polar surface area (TPSA) is 12.0 Å². The molecule has 0 aliphatic heterocycles. The van der Waals surface area contributed by atoms with Crippen LogP contribution in [0.1, 0.15) is 44.2 Å². The molecule has 2 aromatic rings. The molecule has 0 aliphatic carbocycles. The number of hydrogen-bond acceptors (Lipinski definition) is 2. The Hall–Kier alpha value is -0.800. The second-order valence-electron chi connectivity index (χ2n) is 5.86. The zero-order chi connectivity index (χ0) is 14.0. The number of benzene rings is 1. The van der Waals surface area contributed by atoms with Crippen molar-refractivity contribution in [2.24, 2.45) is 0 Å². The number of thiophene rings is 1. The van der Waals surface area contributed by atoms with Crippen molar-refractivity contribution in [3.05, 3.63) is 50.6 Å². The highest BCUT2D eigenvalue weighted by Crippen LogP contribution is 2.29. The summed E-state index contributed by atoms with van der Waals surface area (Å²) in [7, 11) is 0. The summed E-state index contributed by atoms with van der Waals surface area (Å²) < 4.78 is 1.16. The van der Waals surface area contributed by atoms with Gasteiger partial charge in [0.25, 0.3) is 0 Å². The maximum atomic E-state index is 3.54. The molecule has 0 saturated carbocycles. The Labute approximate surface area is 128 Å². The van der Waals surface area contributed by atoms with Crippen LogP contribution < -0.4 is 5.32 Å². The fourth-order valence-electron chi connectivity index (χ4n) is 1.94. The van der Waals surface area contributed by atoms with Crippen molar-refractivity contribution in [1.82, 2.24) is 0 Å². The molecule has 1 atom stereocenters. The molecule has 1 heterocycles. The summed E-state index contributed by atoms with van der Waals surface area (Å²) >= 11 is 5.27. The number of halogens is 1. The van der Waals surface area contributed by atoms with E-state index >= 15 is 0 Å². The highest BCUT2D eigenvalue weighted by atomic mass is 79.9. The number of nitrogens with one attached hydrogen (secondary N) is 1. The Bertz CT molecular complexity index is 537. The van der Waals surface area contributed by atoms with Gasteiger partial charge in [0.15, 0.2) is 0 Å². The lowest BCUT2D eigenvalue weighted by molar-refractivity contribution is 0.590. The number of rotatable bonds is 3. The fraction of sp³-hybridized carbons (Fsp3) is 0.375. The summed E-state index contributed by atoms with van der Waals surface area (Å²) in [5, 5.41) is 5.66. The Kier molecular flexibility index (Phi) is 4.36. The predicted octanol–water partition coefficient (Wildman–Crippen LogP) is 5.98. The van der Waals surface area contributed by atoms with E-state index in [0.717, 1.165) is 4.47 Å². The monoisotopic (exact) mass is 337 g/mol. The molecule has 1 aromatic carbocycles. The average molecular weight is 338 g/mol. The largest absolute Gasteiger partial charge is 0.378 e. The van der Waals surface area contributed by atoms with Gasteiger partial charge in [-0.2, -0.15) is 0 Å². The summed E-state index contributed by atoms with van der Waals surface area (Å²) in [6, 6.07) is 11.3. The minimum absolute atomic E-state index is 0.211. The van der Waals surface area contributed by atoms with E-state index in [1.165, 1.54) is 16.1 Å². The molecule has 102 valence electrons. The maximum absolute atomic E-state index is 3.54. The highest BCUT2D eigenvalue weighted by Gasteiger charge is 2.13. The summed E-state index contributed by atoms with van der Waals surface area (Å²) in [4.78, 5) is 1.34. The first-order valence-corrected chi connectivity index (χ1v) is 8.14. The molecule has 19 heavy (non-hydrogen) atoms. The SMILES string of the molecule is CC(Nc1ccc(C(C)(C)C)cc1)c1cc(Br)cs1. The lowest BCUT2D eigenvalue weighted by atomic mass is 9.87. The molecule has 0 saturated heterocycles. The molecule has 3 heteroatoms. The number of anilines is 1. The number of hydrogen-bond donors (Lipinski definition) is 1. The third kappa shape index (κ3) is 3.83. The van der Waals surface area contributed by atoms with Crippen molar-refractivity contribution in [2.75, 3.05) is 5.32 Å². The molecule has 0 amide bonds. The predicted molar refractivity (Wildman–Crippen MR) is 89.2 cm³/mol. The van der Waals surface area contributed by atoms with Crippen LogP contribution in [0.25, 0.3) is 0 Å². The molecule has 0 radical (unpaired) electrons. The van der Waals surface area contributed by atoms with Gasteiger partial charge in [-0.1, -0.05) is 32.9 Å². The van der Waals surface area contributed by atoms with E-state index in [0.29, 0.717) is 6.04 Å². The van der Waals surface area contributed by atoms with E-state index in [1.807, 2.05) is 0 Å². The van der Waals surface area contributed by atoms with Crippen LogP contribution in [0, 0.1) is 0 Å². The Morgan fingerprint density at radius 1 is 1.16 bits per heavy atom. The second-order valence-corrected chi connectivity index (χ2v) is 7.72. The van der Waals surface area contributed by atoms with E-state index in [9.17, 15) is 0 Å². The maximum Gasteiger partial charge on any atom is 0.0578 e. The van der Waals surface area contributed by atoms with Gasteiger partial charge in [-0.25, -0.2) is 0 Å². The molecule has 1 nitrogen and oxygen atoms in total. The zero-order valence-corrected chi connectivity index (χ0v) is 14.2. The van der Waals surface area contributed by atoms with Gasteiger partial charge in [-0.15, -0.1) is 11.3 Å². The van der Waals surface area contributed by atoms with Crippen molar-refractivity contribution in [3.8, 4) is 0 Å².